The van der Waals surface area contributed by atoms with E-state index in [-0.39, 0.29) is 42.8 Å². The monoisotopic (exact) mass is 684 g/mol. The summed E-state index contributed by atoms with van der Waals surface area (Å²) in [5.74, 6) is -1.15. The van der Waals surface area contributed by atoms with Crippen molar-refractivity contribution in [1.82, 2.24) is 44.2 Å². The fraction of sp³-hybridized carbons (Fsp3) is 0.324. The molecule has 0 spiro atoms. The van der Waals surface area contributed by atoms with Crippen LogP contribution in [0.25, 0.3) is 39.0 Å². The number of benzene rings is 2. The highest BCUT2D eigenvalue weighted by atomic mass is 19.1. The average molecular weight is 685 g/mol. The van der Waals surface area contributed by atoms with Gasteiger partial charge in [-0.15, -0.1) is 0 Å². The molecule has 4 aromatic heterocycles. The van der Waals surface area contributed by atoms with E-state index in [0.29, 0.717) is 52.5 Å². The summed E-state index contributed by atoms with van der Waals surface area (Å²) >= 11 is 0. The summed E-state index contributed by atoms with van der Waals surface area (Å²) in [4.78, 5) is 40.4. The zero-order valence-electron chi connectivity index (χ0n) is 27.3. The summed E-state index contributed by atoms with van der Waals surface area (Å²) < 4.78 is 59.2. The minimum atomic E-state index is -0.810. The van der Waals surface area contributed by atoms with Crippen molar-refractivity contribution in [1.29, 1.82) is 0 Å². The van der Waals surface area contributed by atoms with Gasteiger partial charge in [-0.25, -0.2) is 37.8 Å². The van der Waals surface area contributed by atoms with Crippen molar-refractivity contribution < 1.29 is 27.4 Å². The molecule has 6 aromatic rings. The predicted octanol–water partition coefficient (Wildman–Crippen LogP) is 4.25. The molecule has 16 heteroatoms. The Morgan fingerprint density at radius 3 is 2.68 bits per heavy atom. The van der Waals surface area contributed by atoms with Gasteiger partial charge in [0.25, 0.3) is 0 Å². The Morgan fingerprint density at radius 2 is 1.86 bits per heavy atom. The molecule has 0 aliphatic carbocycles. The fourth-order valence-corrected chi connectivity index (χ4v) is 6.96. The molecule has 1 amide bonds. The zero-order valence-corrected chi connectivity index (χ0v) is 27.3. The maximum Gasteiger partial charge on any atom is 0.317 e. The summed E-state index contributed by atoms with van der Waals surface area (Å²) in [6.45, 7) is 4.92. The lowest BCUT2D eigenvalue weighted by atomic mass is 10.1. The van der Waals surface area contributed by atoms with E-state index in [4.69, 9.17) is 9.47 Å². The van der Waals surface area contributed by atoms with Crippen molar-refractivity contribution in [3.05, 3.63) is 78.4 Å². The van der Waals surface area contributed by atoms with Crippen LogP contribution in [0.1, 0.15) is 19.2 Å². The second kappa shape index (κ2) is 12.4. The second-order valence-corrected chi connectivity index (χ2v) is 12.3. The third-order valence-corrected chi connectivity index (χ3v) is 9.12. The number of aryl methyl sites for hydroxylation is 1. The molecule has 0 N–H and O–H groups in total. The van der Waals surface area contributed by atoms with Gasteiger partial charge in [-0.1, -0.05) is 0 Å². The first kappa shape index (κ1) is 31.6. The number of ether oxygens (including phenoxy) is 2. The molecule has 0 unspecified atom stereocenters. The minimum Gasteiger partial charge on any atom is -0.458 e. The number of aromatic nitrogens is 8. The van der Waals surface area contributed by atoms with E-state index in [0.717, 1.165) is 12.1 Å². The fourth-order valence-electron chi connectivity index (χ4n) is 6.96. The van der Waals surface area contributed by atoms with Crippen LogP contribution < -0.4 is 9.64 Å². The Kier molecular flexibility index (Phi) is 7.81. The van der Waals surface area contributed by atoms with Gasteiger partial charge >= 0.3 is 6.01 Å². The Labute approximate surface area is 283 Å². The van der Waals surface area contributed by atoms with Gasteiger partial charge < -0.3 is 23.8 Å². The van der Waals surface area contributed by atoms with Crippen LogP contribution in [-0.4, -0.2) is 95.1 Å². The summed E-state index contributed by atoms with van der Waals surface area (Å²) in [6, 6.07) is 7.00. The van der Waals surface area contributed by atoms with Crippen molar-refractivity contribution in [2.75, 3.05) is 31.6 Å². The Hall–Kier alpha value is -5.64. The van der Waals surface area contributed by atoms with Crippen LogP contribution in [0.5, 0.6) is 6.01 Å². The Bertz CT molecular complexity index is 2280. The second-order valence-electron chi connectivity index (χ2n) is 12.3. The Balaban J connectivity index is 1.23. The molecule has 4 bridgehead atoms. The number of hydrogen-bond acceptors (Lipinski definition) is 10. The molecule has 13 nitrogen and oxygen atoms in total. The van der Waals surface area contributed by atoms with E-state index < -0.39 is 35.7 Å². The lowest BCUT2D eigenvalue weighted by Gasteiger charge is -2.31. The average Bonchev–Trinajstić information content (AvgIpc) is 3.79. The maximum absolute atomic E-state index is 15.0. The molecule has 256 valence electrons. The molecule has 2 aliphatic rings. The maximum atomic E-state index is 15.0. The van der Waals surface area contributed by atoms with Gasteiger partial charge in [0, 0.05) is 50.5 Å². The van der Waals surface area contributed by atoms with Crippen molar-refractivity contribution in [2.45, 2.75) is 45.1 Å². The van der Waals surface area contributed by atoms with Gasteiger partial charge in [0.2, 0.25) is 5.91 Å². The van der Waals surface area contributed by atoms with Crippen molar-refractivity contribution in [2.24, 2.45) is 0 Å². The van der Waals surface area contributed by atoms with Crippen LogP contribution in [0.4, 0.5) is 19.0 Å². The smallest absolute Gasteiger partial charge is 0.317 e. The number of halogens is 3. The molecule has 6 heterocycles. The number of likely N-dealkylation sites (N-methyl/N-ethyl adjacent to an activating group) is 1. The van der Waals surface area contributed by atoms with Crippen LogP contribution in [-0.2, 0) is 16.1 Å². The first-order valence-electron chi connectivity index (χ1n) is 16.1. The Morgan fingerprint density at radius 1 is 1.00 bits per heavy atom. The first-order valence-corrected chi connectivity index (χ1v) is 16.1. The minimum absolute atomic E-state index is 0.00772. The van der Waals surface area contributed by atoms with Crippen molar-refractivity contribution in [3.8, 4) is 23.0 Å². The number of carbonyl (C=O) groups is 1. The van der Waals surface area contributed by atoms with Crippen molar-refractivity contribution >= 4 is 33.8 Å². The molecule has 0 saturated carbocycles. The molecule has 0 radical (unpaired) electrons. The zero-order chi connectivity index (χ0) is 34.7. The van der Waals surface area contributed by atoms with E-state index >= 15 is 0 Å². The van der Waals surface area contributed by atoms with Crippen LogP contribution in [0.3, 0.4) is 0 Å². The molecule has 3 atom stereocenters. The lowest BCUT2D eigenvalue weighted by molar-refractivity contribution is -0.133. The molecule has 50 heavy (non-hydrogen) atoms. The third-order valence-electron chi connectivity index (χ3n) is 9.12. The number of anilines is 1. The number of fused-ring (bicyclic) bond motifs is 6. The van der Waals surface area contributed by atoms with E-state index in [9.17, 15) is 18.0 Å². The largest absolute Gasteiger partial charge is 0.458 e. The molecule has 8 rings (SSSR count). The number of imidazole rings is 1. The summed E-state index contributed by atoms with van der Waals surface area (Å²) in [5, 5.41) is 4.80. The number of carbonyl (C=O) groups excluding carboxylic acids is 1. The lowest BCUT2D eigenvalue weighted by Crippen LogP contribution is -2.47. The molecule has 1 saturated heterocycles. The summed E-state index contributed by atoms with van der Waals surface area (Å²) in [7, 11) is 1.72. The van der Waals surface area contributed by atoms with Crippen molar-refractivity contribution in [3.63, 3.8) is 0 Å². The van der Waals surface area contributed by atoms with Gasteiger partial charge in [-0.3, -0.25) is 4.79 Å². The normalized spacial score (nSPS) is 19.6. The topological polar surface area (TPSA) is 129 Å². The van der Waals surface area contributed by atoms with Gasteiger partial charge in [-0.2, -0.15) is 10.1 Å². The SMILES string of the molecule is CCO[C@H]1CN(C)C(=O)[C@@H]2C[C@@H](CN2c2ncnc3c2cnn3-c2ccc(F)cc2F)Oc2nccc(n2)-c2cc(F)cc3nc(C)n(c23)C1. The van der Waals surface area contributed by atoms with Crippen LogP contribution >= 0.6 is 0 Å². The van der Waals surface area contributed by atoms with E-state index in [2.05, 4.69) is 30.0 Å². The standard InChI is InChI=1S/C34H31F3N10O3/c1-4-49-22-14-44(3)33(48)29-12-21(15-46(29)31-24-13-41-47(32(24)40-17-39-31)28-6-5-19(35)10-25(28)37)50-34-38-8-7-26(43-34)23-9-20(36)11-27-30(23)45(16-22)18(2)42-27/h5-11,13,17,21-22,29H,4,12,14-16H2,1-3H3/t21-,22-,29-/m0/s1. The highest BCUT2D eigenvalue weighted by molar-refractivity contribution is 5.93. The number of amides is 1. The predicted molar refractivity (Wildman–Crippen MR) is 175 cm³/mol. The summed E-state index contributed by atoms with van der Waals surface area (Å²) in [5.41, 5.74) is 2.40. The number of rotatable bonds is 4. The van der Waals surface area contributed by atoms with E-state index in [1.807, 2.05) is 23.3 Å². The third kappa shape index (κ3) is 5.45. The van der Waals surface area contributed by atoms with E-state index in [1.54, 1.807) is 24.2 Å². The number of nitrogens with zero attached hydrogens (tertiary/aromatic N) is 10. The molecule has 1 fully saturated rings. The molecular weight excluding hydrogens is 653 g/mol. The number of hydrogen-bond donors (Lipinski definition) is 0. The molecule has 2 aromatic carbocycles. The van der Waals surface area contributed by atoms with Crippen LogP contribution in [0.2, 0.25) is 0 Å². The molecular formula is C34H31F3N10O3. The van der Waals surface area contributed by atoms with Gasteiger partial charge in [0.05, 0.1) is 47.5 Å². The molecule has 2 aliphatic heterocycles. The quantitative estimate of drug-likeness (QED) is 0.266. The van der Waals surface area contributed by atoms with Gasteiger partial charge in [0.1, 0.15) is 47.4 Å². The summed E-state index contributed by atoms with van der Waals surface area (Å²) in [6.07, 6.45) is 3.60. The van der Waals surface area contributed by atoms with Gasteiger partial charge in [0.15, 0.2) is 11.5 Å². The first-order chi connectivity index (χ1) is 24.2. The van der Waals surface area contributed by atoms with Crippen LogP contribution in [0.15, 0.2) is 55.1 Å². The highest BCUT2D eigenvalue weighted by Gasteiger charge is 2.42. The highest BCUT2D eigenvalue weighted by Crippen LogP contribution is 2.35. The van der Waals surface area contributed by atoms with Crippen LogP contribution in [0, 0.1) is 24.4 Å². The van der Waals surface area contributed by atoms with Gasteiger partial charge in [-0.05, 0) is 38.1 Å². The van der Waals surface area contributed by atoms with E-state index in [1.165, 1.54) is 35.4 Å².